The van der Waals surface area contributed by atoms with Gasteiger partial charge in [-0.25, -0.2) is 9.59 Å². The van der Waals surface area contributed by atoms with E-state index in [2.05, 4.69) is 0 Å². The lowest BCUT2D eigenvalue weighted by molar-refractivity contribution is 0.0676. The molecule has 1 aromatic carbocycles. The number of rotatable bonds is 3. The molecule has 1 aromatic rings. The molecule has 0 amide bonds. The quantitative estimate of drug-likeness (QED) is 0.699. The van der Waals surface area contributed by atoms with E-state index in [-0.39, 0.29) is 16.7 Å². The lowest BCUT2D eigenvalue weighted by Crippen LogP contribution is -2.14. The lowest BCUT2D eigenvalue weighted by Gasteiger charge is -2.12. The van der Waals surface area contributed by atoms with Crippen LogP contribution in [-0.4, -0.2) is 35.1 Å². The van der Waals surface area contributed by atoms with Gasteiger partial charge in [0, 0.05) is 0 Å². The predicted octanol–water partition coefficient (Wildman–Crippen LogP) is 0.947. The van der Waals surface area contributed by atoms with Crippen molar-refractivity contribution >= 4 is 22.1 Å². The van der Waals surface area contributed by atoms with Gasteiger partial charge in [-0.2, -0.15) is 8.42 Å². The van der Waals surface area contributed by atoms with Gasteiger partial charge < -0.3 is 10.2 Å². The number of carbonyl (C=O) groups is 2. The van der Waals surface area contributed by atoms with Gasteiger partial charge in [0.25, 0.3) is 10.1 Å². The minimum atomic E-state index is -4.82. The Morgan fingerprint density at radius 3 is 1.89 bits per heavy atom. The fourth-order valence-corrected chi connectivity index (χ4v) is 2.34. The average molecular weight is 274 g/mol. The van der Waals surface area contributed by atoms with Crippen molar-refractivity contribution in [3.8, 4) is 0 Å². The smallest absolute Gasteiger partial charge is 0.337 e. The number of carboxylic acids is 2. The first-order valence-electron chi connectivity index (χ1n) is 4.65. The average Bonchev–Trinajstić information content (AvgIpc) is 2.18. The molecule has 0 saturated heterocycles. The molecular weight excluding hydrogens is 264 g/mol. The van der Waals surface area contributed by atoms with Crippen molar-refractivity contribution in [2.75, 3.05) is 0 Å². The fourth-order valence-electron chi connectivity index (χ4n) is 1.58. The molecule has 0 unspecified atom stereocenters. The number of carboxylic acid groups (broad SMARTS) is 2. The van der Waals surface area contributed by atoms with Crippen LogP contribution in [0.4, 0.5) is 0 Å². The SMILES string of the molecule is Cc1c(C(=O)O)cc(S(=O)(=O)O)c(C(=O)O)c1C. The maximum absolute atomic E-state index is 11.1. The van der Waals surface area contributed by atoms with Gasteiger partial charge in [0.15, 0.2) is 0 Å². The summed E-state index contributed by atoms with van der Waals surface area (Å²) in [6, 6.07) is 0.642. The predicted molar refractivity (Wildman–Crippen MR) is 59.6 cm³/mol. The van der Waals surface area contributed by atoms with Gasteiger partial charge in [0.2, 0.25) is 0 Å². The zero-order chi connectivity index (χ0) is 14.2. The molecular formula is C10H10O7S. The van der Waals surface area contributed by atoms with E-state index in [1.807, 2.05) is 0 Å². The summed E-state index contributed by atoms with van der Waals surface area (Å²) in [7, 11) is -4.82. The Kier molecular flexibility index (Phi) is 3.45. The van der Waals surface area contributed by atoms with E-state index in [1.54, 1.807) is 0 Å². The summed E-state index contributed by atoms with van der Waals surface area (Å²) in [6.07, 6.45) is 0. The van der Waals surface area contributed by atoms with Crippen LogP contribution in [0.3, 0.4) is 0 Å². The van der Waals surface area contributed by atoms with E-state index in [0.717, 1.165) is 0 Å². The Morgan fingerprint density at radius 2 is 1.56 bits per heavy atom. The van der Waals surface area contributed by atoms with E-state index < -0.39 is 32.5 Å². The van der Waals surface area contributed by atoms with Crippen molar-refractivity contribution in [3.63, 3.8) is 0 Å². The van der Waals surface area contributed by atoms with E-state index in [9.17, 15) is 18.0 Å². The molecule has 0 bridgehead atoms. The summed E-state index contributed by atoms with van der Waals surface area (Å²) >= 11 is 0. The number of benzene rings is 1. The molecule has 0 radical (unpaired) electrons. The van der Waals surface area contributed by atoms with Crippen LogP contribution in [0.15, 0.2) is 11.0 Å². The molecule has 0 aliphatic carbocycles. The Morgan fingerprint density at radius 1 is 1.06 bits per heavy atom. The van der Waals surface area contributed by atoms with Gasteiger partial charge in [0.1, 0.15) is 4.90 Å². The zero-order valence-corrected chi connectivity index (χ0v) is 10.3. The maximum atomic E-state index is 11.1. The Balaban J connectivity index is 3.90. The first-order chi connectivity index (χ1) is 8.07. The standard InChI is InChI=1S/C10H10O7S/c1-4-5(2)8(10(13)14)7(18(15,16)17)3-6(4)9(11)12/h3H,1-2H3,(H,11,12)(H,13,14)(H,15,16,17). The molecule has 18 heavy (non-hydrogen) atoms. The van der Waals surface area contributed by atoms with E-state index in [0.29, 0.717) is 6.07 Å². The molecule has 7 nitrogen and oxygen atoms in total. The van der Waals surface area contributed by atoms with Gasteiger partial charge in [-0.05, 0) is 31.0 Å². The van der Waals surface area contributed by atoms with Crippen molar-refractivity contribution in [1.82, 2.24) is 0 Å². The fraction of sp³-hybridized carbons (Fsp3) is 0.200. The van der Waals surface area contributed by atoms with Gasteiger partial charge in [0.05, 0.1) is 11.1 Å². The van der Waals surface area contributed by atoms with E-state index >= 15 is 0 Å². The van der Waals surface area contributed by atoms with Crippen LogP contribution in [0.1, 0.15) is 31.8 Å². The van der Waals surface area contributed by atoms with Crippen molar-refractivity contribution in [2.45, 2.75) is 18.7 Å². The Hall–Kier alpha value is -1.93. The number of hydrogen-bond acceptors (Lipinski definition) is 4. The van der Waals surface area contributed by atoms with Crippen LogP contribution in [0.5, 0.6) is 0 Å². The van der Waals surface area contributed by atoms with Crippen LogP contribution >= 0.6 is 0 Å². The first kappa shape index (κ1) is 14.1. The summed E-state index contributed by atoms with van der Waals surface area (Å²) in [4.78, 5) is 21.0. The molecule has 0 aliphatic rings. The third-order valence-corrected chi connectivity index (χ3v) is 3.46. The minimum Gasteiger partial charge on any atom is -0.478 e. The molecule has 0 aliphatic heterocycles. The molecule has 98 valence electrons. The largest absolute Gasteiger partial charge is 0.478 e. The summed E-state index contributed by atoms with van der Waals surface area (Å²) in [6.45, 7) is 2.64. The van der Waals surface area contributed by atoms with Crippen LogP contribution in [0, 0.1) is 13.8 Å². The van der Waals surface area contributed by atoms with Crippen molar-refractivity contribution < 1.29 is 32.8 Å². The summed E-state index contributed by atoms with van der Waals surface area (Å²) in [5.41, 5.74) is -0.882. The normalized spacial score (nSPS) is 11.3. The van der Waals surface area contributed by atoms with Crippen LogP contribution in [0.2, 0.25) is 0 Å². The topological polar surface area (TPSA) is 129 Å². The first-order valence-corrected chi connectivity index (χ1v) is 6.09. The molecule has 0 heterocycles. The highest BCUT2D eigenvalue weighted by atomic mass is 32.2. The number of hydrogen-bond donors (Lipinski definition) is 3. The monoisotopic (exact) mass is 274 g/mol. The summed E-state index contributed by atoms with van der Waals surface area (Å²) in [5, 5.41) is 17.8. The second-order valence-electron chi connectivity index (χ2n) is 3.63. The molecule has 1 rings (SSSR count). The lowest BCUT2D eigenvalue weighted by atomic mass is 9.98. The molecule has 0 saturated carbocycles. The van der Waals surface area contributed by atoms with Crippen LogP contribution in [-0.2, 0) is 10.1 Å². The molecule has 0 spiro atoms. The third-order valence-electron chi connectivity index (χ3n) is 2.59. The van der Waals surface area contributed by atoms with Crippen molar-refractivity contribution in [3.05, 3.63) is 28.3 Å². The Bertz CT molecular complexity index is 643. The minimum absolute atomic E-state index is 0.0185. The zero-order valence-electron chi connectivity index (χ0n) is 9.46. The van der Waals surface area contributed by atoms with Crippen LogP contribution < -0.4 is 0 Å². The van der Waals surface area contributed by atoms with Crippen LogP contribution in [0.25, 0.3) is 0 Å². The molecule has 0 atom stereocenters. The number of aromatic carboxylic acids is 2. The maximum Gasteiger partial charge on any atom is 0.337 e. The van der Waals surface area contributed by atoms with E-state index in [4.69, 9.17) is 14.8 Å². The highest BCUT2D eigenvalue weighted by Gasteiger charge is 2.26. The van der Waals surface area contributed by atoms with Gasteiger partial charge in [-0.1, -0.05) is 0 Å². The highest BCUT2D eigenvalue weighted by molar-refractivity contribution is 7.86. The van der Waals surface area contributed by atoms with Gasteiger partial charge in [-0.3, -0.25) is 4.55 Å². The summed E-state index contributed by atoms with van der Waals surface area (Å²) < 4.78 is 31.1. The van der Waals surface area contributed by atoms with Crippen molar-refractivity contribution in [1.29, 1.82) is 0 Å². The van der Waals surface area contributed by atoms with Crippen molar-refractivity contribution in [2.24, 2.45) is 0 Å². The molecule has 0 fully saturated rings. The van der Waals surface area contributed by atoms with Gasteiger partial charge >= 0.3 is 11.9 Å². The second-order valence-corrected chi connectivity index (χ2v) is 5.02. The summed E-state index contributed by atoms with van der Waals surface area (Å²) in [5.74, 6) is -2.96. The third kappa shape index (κ3) is 2.34. The molecule has 8 heteroatoms. The van der Waals surface area contributed by atoms with Gasteiger partial charge in [-0.15, -0.1) is 0 Å². The Labute approximate surface area is 102 Å². The van der Waals surface area contributed by atoms with E-state index in [1.165, 1.54) is 13.8 Å². The molecule has 0 aromatic heterocycles. The second kappa shape index (κ2) is 4.39. The highest BCUT2D eigenvalue weighted by Crippen LogP contribution is 2.26. The molecule has 3 N–H and O–H groups in total.